The van der Waals surface area contributed by atoms with E-state index < -0.39 is 0 Å². The highest BCUT2D eigenvalue weighted by molar-refractivity contribution is 5.97. The molecule has 0 radical (unpaired) electrons. The zero-order valence-electron chi connectivity index (χ0n) is 13.4. The second kappa shape index (κ2) is 5.84. The molecule has 1 aliphatic rings. The molecule has 2 aromatic carbocycles. The Balaban J connectivity index is 1.76. The Labute approximate surface area is 131 Å². The number of hydrogen-bond donors (Lipinski definition) is 2. The summed E-state index contributed by atoms with van der Waals surface area (Å²) in [6, 6.07) is 12.5. The summed E-state index contributed by atoms with van der Waals surface area (Å²) < 4.78 is 0. The summed E-state index contributed by atoms with van der Waals surface area (Å²) in [5.74, 6) is 0.0289. The zero-order chi connectivity index (χ0) is 15.7. The van der Waals surface area contributed by atoms with Gasteiger partial charge in [-0.3, -0.25) is 4.79 Å². The van der Waals surface area contributed by atoms with Crippen LogP contribution in [0.3, 0.4) is 0 Å². The van der Waals surface area contributed by atoms with E-state index in [1.165, 1.54) is 16.8 Å². The van der Waals surface area contributed by atoms with Gasteiger partial charge in [-0.1, -0.05) is 35.9 Å². The van der Waals surface area contributed by atoms with Gasteiger partial charge in [0.15, 0.2) is 0 Å². The number of hydrogen-bond acceptors (Lipinski definition) is 2. The van der Waals surface area contributed by atoms with Crippen LogP contribution >= 0.6 is 0 Å². The first kappa shape index (κ1) is 14.6. The van der Waals surface area contributed by atoms with E-state index in [-0.39, 0.29) is 11.9 Å². The van der Waals surface area contributed by atoms with Crippen LogP contribution in [0, 0.1) is 20.8 Å². The van der Waals surface area contributed by atoms with Crippen molar-refractivity contribution in [3.63, 3.8) is 0 Å². The third-order valence-electron chi connectivity index (χ3n) is 4.26. The van der Waals surface area contributed by atoms with Crippen LogP contribution in [0.1, 0.15) is 32.6 Å². The van der Waals surface area contributed by atoms with Gasteiger partial charge in [-0.25, -0.2) is 0 Å². The molecule has 0 spiro atoms. The highest BCUT2D eigenvalue weighted by Gasteiger charge is 2.21. The van der Waals surface area contributed by atoms with Crippen molar-refractivity contribution < 1.29 is 4.79 Å². The number of benzene rings is 2. The molecule has 3 nitrogen and oxygen atoms in total. The summed E-state index contributed by atoms with van der Waals surface area (Å²) >= 11 is 0. The molecule has 114 valence electrons. The maximum absolute atomic E-state index is 12.6. The lowest BCUT2D eigenvalue weighted by molar-refractivity contribution is 0.0937. The zero-order valence-corrected chi connectivity index (χ0v) is 13.4. The van der Waals surface area contributed by atoms with E-state index in [0.717, 1.165) is 29.7 Å². The molecule has 2 aromatic rings. The Kier molecular flexibility index (Phi) is 3.88. The summed E-state index contributed by atoms with van der Waals surface area (Å²) in [4.78, 5) is 12.6. The molecule has 0 saturated carbocycles. The molecule has 0 saturated heterocycles. The Morgan fingerprint density at radius 2 is 1.82 bits per heavy atom. The molecule has 2 N–H and O–H groups in total. The third kappa shape index (κ3) is 2.84. The fourth-order valence-corrected chi connectivity index (χ4v) is 3.34. The van der Waals surface area contributed by atoms with Crippen LogP contribution in [-0.4, -0.2) is 18.5 Å². The molecule has 3 rings (SSSR count). The lowest BCUT2D eigenvalue weighted by Crippen LogP contribution is -2.43. The van der Waals surface area contributed by atoms with Crippen molar-refractivity contribution in [3.8, 4) is 0 Å². The molecule has 0 fully saturated rings. The van der Waals surface area contributed by atoms with Crippen LogP contribution in [-0.2, 0) is 6.42 Å². The monoisotopic (exact) mass is 294 g/mol. The summed E-state index contributed by atoms with van der Waals surface area (Å²) in [5.41, 5.74) is 6.52. The first-order chi connectivity index (χ1) is 10.5. The topological polar surface area (TPSA) is 41.1 Å². The van der Waals surface area contributed by atoms with Crippen molar-refractivity contribution in [2.45, 2.75) is 33.2 Å². The van der Waals surface area contributed by atoms with Crippen molar-refractivity contribution in [1.29, 1.82) is 0 Å². The van der Waals surface area contributed by atoms with Crippen molar-refractivity contribution in [2.75, 3.05) is 11.9 Å². The van der Waals surface area contributed by atoms with Gasteiger partial charge in [-0.15, -0.1) is 0 Å². The number of rotatable bonds is 2. The van der Waals surface area contributed by atoms with Gasteiger partial charge in [-0.05, 0) is 49.9 Å². The Hall–Kier alpha value is -2.29. The quantitative estimate of drug-likeness (QED) is 0.891. The minimum atomic E-state index is 0.0289. The largest absolute Gasteiger partial charge is 0.383 e. The van der Waals surface area contributed by atoms with Gasteiger partial charge in [0.05, 0.1) is 6.04 Å². The van der Waals surface area contributed by atoms with Crippen LogP contribution < -0.4 is 10.6 Å². The molecule has 1 atom stereocenters. The first-order valence-electron chi connectivity index (χ1n) is 7.75. The average Bonchev–Trinajstić information content (AvgIpc) is 2.46. The van der Waals surface area contributed by atoms with E-state index in [1.807, 2.05) is 26.0 Å². The molecular formula is C19H22N2O. The van der Waals surface area contributed by atoms with Gasteiger partial charge < -0.3 is 10.6 Å². The van der Waals surface area contributed by atoms with Crippen molar-refractivity contribution in [2.24, 2.45) is 0 Å². The third-order valence-corrected chi connectivity index (χ3v) is 4.26. The van der Waals surface area contributed by atoms with Gasteiger partial charge in [0.25, 0.3) is 5.91 Å². The van der Waals surface area contributed by atoms with Crippen molar-refractivity contribution >= 4 is 11.6 Å². The number of para-hydroxylation sites is 1. The highest BCUT2D eigenvalue weighted by atomic mass is 16.1. The van der Waals surface area contributed by atoms with E-state index in [2.05, 4.69) is 41.8 Å². The van der Waals surface area contributed by atoms with Gasteiger partial charge in [0, 0.05) is 17.8 Å². The second-order valence-corrected chi connectivity index (χ2v) is 6.19. The molecule has 0 aromatic heterocycles. The van der Waals surface area contributed by atoms with E-state index >= 15 is 0 Å². The minimum absolute atomic E-state index is 0.0289. The number of carbonyl (C=O) groups is 1. The smallest absolute Gasteiger partial charge is 0.252 e. The van der Waals surface area contributed by atoms with E-state index in [1.54, 1.807) is 0 Å². The molecule has 22 heavy (non-hydrogen) atoms. The lowest BCUT2D eigenvalue weighted by atomic mass is 9.97. The summed E-state index contributed by atoms with van der Waals surface area (Å²) in [7, 11) is 0. The predicted molar refractivity (Wildman–Crippen MR) is 90.5 cm³/mol. The molecular weight excluding hydrogens is 272 g/mol. The molecule has 1 aliphatic heterocycles. The number of amides is 1. The van der Waals surface area contributed by atoms with E-state index in [9.17, 15) is 4.79 Å². The Morgan fingerprint density at radius 1 is 1.14 bits per heavy atom. The minimum Gasteiger partial charge on any atom is -0.383 e. The molecule has 0 bridgehead atoms. The standard InChI is InChI=1S/C19H22N2O/c1-12-8-13(2)18(14(3)9-12)19(22)21-16-10-15-6-4-5-7-17(15)20-11-16/h4-9,16,20H,10-11H2,1-3H3,(H,21,22). The maximum Gasteiger partial charge on any atom is 0.252 e. The molecule has 3 heteroatoms. The van der Waals surface area contributed by atoms with Gasteiger partial charge in [-0.2, -0.15) is 0 Å². The van der Waals surface area contributed by atoms with Crippen LogP contribution in [0.15, 0.2) is 36.4 Å². The van der Waals surface area contributed by atoms with Gasteiger partial charge in [0.1, 0.15) is 0 Å². The summed E-state index contributed by atoms with van der Waals surface area (Å²) in [5, 5.41) is 6.57. The number of carbonyl (C=O) groups excluding carboxylic acids is 1. The lowest BCUT2D eigenvalue weighted by Gasteiger charge is -2.27. The molecule has 1 heterocycles. The normalized spacial score (nSPS) is 16.6. The highest BCUT2D eigenvalue weighted by Crippen LogP contribution is 2.22. The fraction of sp³-hybridized carbons (Fsp3) is 0.316. The second-order valence-electron chi connectivity index (χ2n) is 6.19. The molecule has 1 unspecified atom stereocenters. The summed E-state index contributed by atoms with van der Waals surface area (Å²) in [6.45, 7) is 6.84. The predicted octanol–water partition coefficient (Wildman–Crippen LogP) is 3.38. The fourth-order valence-electron chi connectivity index (χ4n) is 3.34. The molecule has 0 aliphatic carbocycles. The Morgan fingerprint density at radius 3 is 2.55 bits per heavy atom. The first-order valence-corrected chi connectivity index (χ1v) is 7.75. The van der Waals surface area contributed by atoms with Gasteiger partial charge >= 0.3 is 0 Å². The van der Waals surface area contributed by atoms with Crippen molar-refractivity contribution in [1.82, 2.24) is 5.32 Å². The van der Waals surface area contributed by atoms with Crippen LogP contribution in [0.4, 0.5) is 5.69 Å². The Bertz CT molecular complexity index is 698. The van der Waals surface area contributed by atoms with E-state index in [0.29, 0.717) is 0 Å². The maximum atomic E-state index is 12.6. The van der Waals surface area contributed by atoms with Crippen LogP contribution in [0.5, 0.6) is 0 Å². The van der Waals surface area contributed by atoms with Crippen molar-refractivity contribution in [3.05, 3.63) is 64.2 Å². The van der Waals surface area contributed by atoms with Crippen LogP contribution in [0.25, 0.3) is 0 Å². The summed E-state index contributed by atoms with van der Waals surface area (Å²) in [6.07, 6.45) is 0.874. The van der Waals surface area contributed by atoms with Gasteiger partial charge in [0.2, 0.25) is 0 Å². The average molecular weight is 294 g/mol. The number of aryl methyl sites for hydroxylation is 3. The SMILES string of the molecule is Cc1cc(C)c(C(=O)NC2CNc3ccccc3C2)c(C)c1. The number of nitrogens with one attached hydrogen (secondary N) is 2. The van der Waals surface area contributed by atoms with Crippen LogP contribution in [0.2, 0.25) is 0 Å². The number of anilines is 1. The number of fused-ring (bicyclic) bond motifs is 1. The van der Waals surface area contributed by atoms with E-state index in [4.69, 9.17) is 0 Å². The molecule has 1 amide bonds.